The van der Waals surface area contributed by atoms with Gasteiger partial charge in [0, 0.05) is 5.69 Å². The second-order valence-corrected chi connectivity index (χ2v) is 4.67. The van der Waals surface area contributed by atoms with Crippen molar-refractivity contribution in [1.29, 1.82) is 0 Å². The maximum absolute atomic E-state index is 11.7. The van der Waals surface area contributed by atoms with Crippen LogP contribution >= 0.6 is 11.6 Å². The Balaban J connectivity index is 2.89. The zero-order chi connectivity index (χ0) is 13.9. The third kappa shape index (κ3) is 3.45. The Kier molecular flexibility index (Phi) is 4.69. The van der Waals surface area contributed by atoms with Gasteiger partial charge in [-0.25, -0.2) is 4.79 Å². The minimum Gasteiger partial charge on any atom is -0.478 e. The first-order chi connectivity index (χ1) is 8.32. The summed E-state index contributed by atoms with van der Waals surface area (Å²) in [6.45, 7) is 3.66. The molecule has 1 rings (SSSR count). The number of hydrogen-bond donors (Lipinski definition) is 3. The van der Waals surface area contributed by atoms with Crippen molar-refractivity contribution in [3.05, 3.63) is 28.8 Å². The van der Waals surface area contributed by atoms with Crippen LogP contribution < -0.4 is 11.1 Å². The van der Waals surface area contributed by atoms with Crippen LogP contribution in [-0.2, 0) is 4.79 Å². The number of nitrogens with two attached hydrogens (primary N) is 1. The number of carbonyl (C=O) groups excluding carboxylic acids is 1. The van der Waals surface area contributed by atoms with E-state index in [2.05, 4.69) is 5.32 Å². The number of carboxylic acid groups (broad SMARTS) is 1. The van der Waals surface area contributed by atoms with Crippen molar-refractivity contribution in [1.82, 2.24) is 0 Å². The number of anilines is 1. The molecule has 0 aromatic heterocycles. The third-order valence-electron chi connectivity index (χ3n) is 2.49. The van der Waals surface area contributed by atoms with Gasteiger partial charge in [0.25, 0.3) is 0 Å². The zero-order valence-corrected chi connectivity index (χ0v) is 10.9. The lowest BCUT2D eigenvalue weighted by Crippen LogP contribution is -2.39. The molecule has 0 bridgehead atoms. The number of carboxylic acids is 1. The van der Waals surface area contributed by atoms with Gasteiger partial charge in [-0.2, -0.15) is 0 Å². The predicted molar refractivity (Wildman–Crippen MR) is 69.9 cm³/mol. The standard InChI is InChI=1S/C12H15ClN2O3/c1-6(2)10(14)11(16)15-7-3-4-9(13)8(5-7)12(17)18/h3-6,10H,14H2,1-2H3,(H,15,16)(H,17,18). The Morgan fingerprint density at radius 3 is 2.50 bits per heavy atom. The molecule has 18 heavy (non-hydrogen) atoms. The fourth-order valence-corrected chi connectivity index (χ4v) is 1.49. The molecule has 0 spiro atoms. The van der Waals surface area contributed by atoms with Crippen LogP contribution in [0.3, 0.4) is 0 Å². The average Bonchev–Trinajstić information content (AvgIpc) is 2.29. The summed E-state index contributed by atoms with van der Waals surface area (Å²) < 4.78 is 0. The summed E-state index contributed by atoms with van der Waals surface area (Å²) in [7, 11) is 0. The van der Waals surface area contributed by atoms with Gasteiger partial charge in [-0.1, -0.05) is 25.4 Å². The van der Waals surface area contributed by atoms with E-state index in [0.717, 1.165) is 0 Å². The highest BCUT2D eigenvalue weighted by atomic mass is 35.5. The van der Waals surface area contributed by atoms with Gasteiger partial charge in [0.1, 0.15) is 0 Å². The number of nitrogens with one attached hydrogen (secondary N) is 1. The van der Waals surface area contributed by atoms with Gasteiger partial charge in [-0.05, 0) is 24.1 Å². The van der Waals surface area contributed by atoms with Crippen molar-refractivity contribution >= 4 is 29.2 Å². The first kappa shape index (κ1) is 14.5. The number of rotatable bonds is 4. The number of carbonyl (C=O) groups is 2. The molecule has 0 aliphatic carbocycles. The molecular weight excluding hydrogens is 256 g/mol. The molecule has 0 aliphatic heterocycles. The van der Waals surface area contributed by atoms with E-state index < -0.39 is 12.0 Å². The van der Waals surface area contributed by atoms with E-state index in [1.807, 2.05) is 13.8 Å². The summed E-state index contributed by atoms with van der Waals surface area (Å²) in [4.78, 5) is 22.6. The average molecular weight is 271 g/mol. The lowest BCUT2D eigenvalue weighted by molar-refractivity contribution is -0.118. The maximum atomic E-state index is 11.7. The van der Waals surface area contributed by atoms with E-state index in [4.69, 9.17) is 22.4 Å². The quantitative estimate of drug-likeness (QED) is 0.780. The van der Waals surface area contributed by atoms with Crippen molar-refractivity contribution in [2.45, 2.75) is 19.9 Å². The summed E-state index contributed by atoms with van der Waals surface area (Å²) in [6, 6.07) is 3.60. The summed E-state index contributed by atoms with van der Waals surface area (Å²) in [5.74, 6) is -1.51. The van der Waals surface area contributed by atoms with Gasteiger partial charge >= 0.3 is 5.97 Å². The molecule has 1 aromatic carbocycles. The van der Waals surface area contributed by atoms with E-state index in [9.17, 15) is 9.59 Å². The number of hydrogen-bond acceptors (Lipinski definition) is 3. The lowest BCUT2D eigenvalue weighted by atomic mass is 10.0. The van der Waals surface area contributed by atoms with Gasteiger partial charge in [0.15, 0.2) is 0 Å². The third-order valence-corrected chi connectivity index (χ3v) is 2.81. The van der Waals surface area contributed by atoms with Crippen LogP contribution in [0.5, 0.6) is 0 Å². The van der Waals surface area contributed by atoms with Crippen LogP contribution in [0.25, 0.3) is 0 Å². The van der Waals surface area contributed by atoms with Gasteiger partial charge in [-0.15, -0.1) is 0 Å². The minimum absolute atomic E-state index is 0.00348. The molecule has 0 aliphatic rings. The normalized spacial score (nSPS) is 12.3. The first-order valence-corrected chi connectivity index (χ1v) is 5.80. The zero-order valence-electron chi connectivity index (χ0n) is 10.1. The first-order valence-electron chi connectivity index (χ1n) is 5.42. The Morgan fingerprint density at radius 2 is 2.00 bits per heavy atom. The second-order valence-electron chi connectivity index (χ2n) is 4.26. The number of halogens is 1. The van der Waals surface area contributed by atoms with Crippen LogP contribution in [0, 0.1) is 5.92 Å². The molecule has 0 fully saturated rings. The molecule has 0 saturated heterocycles. The van der Waals surface area contributed by atoms with Gasteiger partial charge in [0.2, 0.25) is 5.91 Å². The van der Waals surface area contributed by atoms with Crippen molar-refractivity contribution in [3.8, 4) is 0 Å². The Labute approximate surface area is 110 Å². The lowest BCUT2D eigenvalue weighted by Gasteiger charge is -2.15. The van der Waals surface area contributed by atoms with Gasteiger partial charge < -0.3 is 16.2 Å². The summed E-state index contributed by atoms with van der Waals surface area (Å²) in [5.41, 5.74) is 5.98. The molecule has 0 heterocycles. The van der Waals surface area contributed by atoms with Gasteiger partial charge in [-0.3, -0.25) is 4.79 Å². The maximum Gasteiger partial charge on any atom is 0.337 e. The molecule has 5 nitrogen and oxygen atoms in total. The fraction of sp³-hybridized carbons (Fsp3) is 0.333. The van der Waals surface area contributed by atoms with E-state index in [1.165, 1.54) is 18.2 Å². The highest BCUT2D eigenvalue weighted by molar-refractivity contribution is 6.33. The Hall–Kier alpha value is -1.59. The smallest absolute Gasteiger partial charge is 0.337 e. The van der Waals surface area contributed by atoms with Crippen LogP contribution in [0.4, 0.5) is 5.69 Å². The molecule has 1 unspecified atom stereocenters. The molecule has 1 aromatic rings. The molecular formula is C12H15ClN2O3. The van der Waals surface area contributed by atoms with Crippen molar-refractivity contribution in [2.24, 2.45) is 11.7 Å². The number of aromatic carboxylic acids is 1. The second kappa shape index (κ2) is 5.84. The summed E-state index contributed by atoms with van der Waals surface area (Å²) in [6.07, 6.45) is 0. The summed E-state index contributed by atoms with van der Waals surface area (Å²) >= 11 is 5.72. The van der Waals surface area contributed by atoms with Gasteiger partial charge in [0.05, 0.1) is 16.6 Å². The van der Waals surface area contributed by atoms with Crippen LogP contribution in [0.1, 0.15) is 24.2 Å². The Morgan fingerprint density at radius 1 is 1.39 bits per heavy atom. The fourth-order valence-electron chi connectivity index (χ4n) is 1.30. The van der Waals surface area contributed by atoms with E-state index in [-0.39, 0.29) is 22.4 Å². The molecule has 98 valence electrons. The topological polar surface area (TPSA) is 92.4 Å². The molecule has 0 saturated carbocycles. The largest absolute Gasteiger partial charge is 0.478 e. The minimum atomic E-state index is -1.15. The van der Waals surface area contributed by atoms with E-state index in [1.54, 1.807) is 0 Å². The molecule has 1 amide bonds. The molecule has 4 N–H and O–H groups in total. The number of benzene rings is 1. The molecule has 1 atom stereocenters. The highest BCUT2D eigenvalue weighted by Crippen LogP contribution is 2.20. The highest BCUT2D eigenvalue weighted by Gasteiger charge is 2.18. The SMILES string of the molecule is CC(C)C(N)C(=O)Nc1ccc(Cl)c(C(=O)O)c1. The van der Waals surface area contributed by atoms with Crippen molar-refractivity contribution < 1.29 is 14.7 Å². The molecule has 0 radical (unpaired) electrons. The van der Waals surface area contributed by atoms with E-state index in [0.29, 0.717) is 5.69 Å². The van der Waals surface area contributed by atoms with Crippen LogP contribution in [0.15, 0.2) is 18.2 Å². The molecule has 6 heteroatoms. The van der Waals surface area contributed by atoms with Crippen LogP contribution in [0.2, 0.25) is 5.02 Å². The number of amides is 1. The van der Waals surface area contributed by atoms with Crippen molar-refractivity contribution in [3.63, 3.8) is 0 Å². The Bertz CT molecular complexity index is 474. The van der Waals surface area contributed by atoms with Crippen LogP contribution in [-0.4, -0.2) is 23.0 Å². The van der Waals surface area contributed by atoms with E-state index >= 15 is 0 Å². The predicted octanol–water partition coefficient (Wildman–Crippen LogP) is 1.96. The van der Waals surface area contributed by atoms with Crippen molar-refractivity contribution in [2.75, 3.05) is 5.32 Å². The summed E-state index contributed by atoms with van der Waals surface area (Å²) in [5, 5.41) is 11.6. The monoisotopic (exact) mass is 270 g/mol.